The van der Waals surface area contributed by atoms with Gasteiger partial charge in [-0.3, -0.25) is 10.1 Å². The minimum Gasteiger partial charge on any atom is -0.377 e. The highest BCUT2D eigenvalue weighted by molar-refractivity contribution is 5.64. The monoisotopic (exact) mass is 278 g/mol. The maximum absolute atomic E-state index is 11.1. The van der Waals surface area contributed by atoms with Crippen molar-refractivity contribution < 1.29 is 4.92 Å². The molecule has 0 heterocycles. The van der Waals surface area contributed by atoms with E-state index in [1.165, 1.54) is 25.7 Å². The maximum atomic E-state index is 11.1. The van der Waals surface area contributed by atoms with Gasteiger partial charge < -0.3 is 5.32 Å². The SMILES string of the molecule is CCCCCCC(C)Nc1cc(C)c(C)cc1[N+](=O)[O-]. The zero-order valence-electron chi connectivity index (χ0n) is 13.0. The molecule has 0 bridgehead atoms. The van der Waals surface area contributed by atoms with Crippen LogP contribution in [0.15, 0.2) is 12.1 Å². The zero-order valence-corrected chi connectivity index (χ0v) is 13.0. The largest absolute Gasteiger partial charge is 0.377 e. The molecule has 1 atom stereocenters. The van der Waals surface area contributed by atoms with Crippen molar-refractivity contribution in [2.45, 2.75) is 65.8 Å². The van der Waals surface area contributed by atoms with Gasteiger partial charge in [-0.25, -0.2) is 0 Å². The number of benzene rings is 1. The third-order valence-corrected chi connectivity index (χ3v) is 3.70. The Labute approximate surface area is 121 Å². The van der Waals surface area contributed by atoms with E-state index >= 15 is 0 Å². The highest BCUT2D eigenvalue weighted by atomic mass is 16.6. The van der Waals surface area contributed by atoms with E-state index in [2.05, 4.69) is 19.2 Å². The van der Waals surface area contributed by atoms with Crippen LogP contribution in [0.4, 0.5) is 11.4 Å². The fourth-order valence-corrected chi connectivity index (χ4v) is 2.28. The summed E-state index contributed by atoms with van der Waals surface area (Å²) in [6, 6.07) is 3.80. The van der Waals surface area contributed by atoms with Crippen LogP contribution in [0, 0.1) is 24.0 Å². The fourth-order valence-electron chi connectivity index (χ4n) is 2.28. The van der Waals surface area contributed by atoms with E-state index in [1.807, 2.05) is 19.9 Å². The summed E-state index contributed by atoms with van der Waals surface area (Å²) in [6.07, 6.45) is 5.93. The minimum atomic E-state index is -0.307. The number of rotatable bonds is 8. The predicted octanol–water partition coefficient (Wildman–Crippen LogP) is 4.98. The van der Waals surface area contributed by atoms with E-state index in [1.54, 1.807) is 6.07 Å². The molecule has 0 radical (unpaired) electrons. The summed E-state index contributed by atoms with van der Waals surface area (Å²) in [7, 11) is 0. The second-order valence-corrected chi connectivity index (χ2v) is 5.61. The third-order valence-electron chi connectivity index (χ3n) is 3.70. The lowest BCUT2D eigenvalue weighted by molar-refractivity contribution is -0.384. The van der Waals surface area contributed by atoms with Gasteiger partial charge in [-0.05, 0) is 44.4 Å². The number of anilines is 1. The first-order valence-electron chi connectivity index (χ1n) is 7.47. The van der Waals surface area contributed by atoms with Crippen LogP contribution in [0.2, 0.25) is 0 Å². The summed E-state index contributed by atoms with van der Waals surface area (Å²) >= 11 is 0. The Balaban J connectivity index is 2.70. The Morgan fingerprint density at radius 1 is 1.20 bits per heavy atom. The number of aryl methyl sites for hydroxylation is 2. The predicted molar refractivity (Wildman–Crippen MR) is 84.4 cm³/mol. The lowest BCUT2D eigenvalue weighted by Gasteiger charge is -2.16. The van der Waals surface area contributed by atoms with Crippen LogP contribution in [-0.2, 0) is 0 Å². The van der Waals surface area contributed by atoms with Crippen LogP contribution >= 0.6 is 0 Å². The molecule has 0 saturated heterocycles. The maximum Gasteiger partial charge on any atom is 0.292 e. The van der Waals surface area contributed by atoms with E-state index in [0.29, 0.717) is 5.69 Å². The number of hydrogen-bond donors (Lipinski definition) is 1. The molecule has 1 aromatic rings. The van der Waals surface area contributed by atoms with Crippen LogP contribution in [0.3, 0.4) is 0 Å². The van der Waals surface area contributed by atoms with Gasteiger partial charge in [0.15, 0.2) is 0 Å². The lowest BCUT2D eigenvalue weighted by atomic mass is 10.1. The van der Waals surface area contributed by atoms with Crippen molar-refractivity contribution in [3.05, 3.63) is 33.4 Å². The molecule has 1 unspecified atom stereocenters. The Kier molecular flexibility index (Phi) is 6.49. The molecule has 1 aromatic carbocycles. The summed E-state index contributed by atoms with van der Waals surface area (Å²) in [4.78, 5) is 10.8. The van der Waals surface area contributed by atoms with Gasteiger partial charge >= 0.3 is 0 Å². The molecule has 0 aliphatic rings. The van der Waals surface area contributed by atoms with Crippen LogP contribution in [0.5, 0.6) is 0 Å². The molecule has 1 rings (SSSR count). The summed E-state index contributed by atoms with van der Waals surface area (Å²) in [6.45, 7) is 8.17. The molecule has 0 saturated carbocycles. The van der Waals surface area contributed by atoms with Gasteiger partial charge in [0.2, 0.25) is 0 Å². The van der Waals surface area contributed by atoms with Crippen molar-refractivity contribution in [1.29, 1.82) is 0 Å². The van der Waals surface area contributed by atoms with Gasteiger partial charge in [0.1, 0.15) is 5.69 Å². The standard InChI is InChI=1S/C16H26N2O2/c1-5-6-7-8-9-14(4)17-15-10-12(2)13(3)11-16(15)18(19)20/h10-11,14,17H,5-9H2,1-4H3. The van der Waals surface area contributed by atoms with Crippen molar-refractivity contribution in [2.75, 3.05) is 5.32 Å². The van der Waals surface area contributed by atoms with Gasteiger partial charge in [0.05, 0.1) is 4.92 Å². The highest BCUT2D eigenvalue weighted by Crippen LogP contribution is 2.29. The van der Waals surface area contributed by atoms with Crippen molar-refractivity contribution in [2.24, 2.45) is 0 Å². The normalized spacial score (nSPS) is 12.2. The lowest BCUT2D eigenvalue weighted by Crippen LogP contribution is -2.16. The van der Waals surface area contributed by atoms with Crippen LogP contribution in [0.25, 0.3) is 0 Å². The summed E-state index contributed by atoms with van der Waals surface area (Å²) in [5.41, 5.74) is 2.85. The topological polar surface area (TPSA) is 55.2 Å². The molecular formula is C16H26N2O2. The zero-order chi connectivity index (χ0) is 15.1. The van der Waals surface area contributed by atoms with Crippen LogP contribution in [-0.4, -0.2) is 11.0 Å². The van der Waals surface area contributed by atoms with E-state index in [-0.39, 0.29) is 16.7 Å². The number of nitro benzene ring substituents is 1. The Morgan fingerprint density at radius 2 is 1.85 bits per heavy atom. The molecule has 1 N–H and O–H groups in total. The fraction of sp³-hybridized carbons (Fsp3) is 0.625. The number of nitrogens with zero attached hydrogens (tertiary/aromatic N) is 1. The van der Waals surface area contributed by atoms with E-state index < -0.39 is 0 Å². The van der Waals surface area contributed by atoms with E-state index in [4.69, 9.17) is 0 Å². The average Bonchev–Trinajstić information content (AvgIpc) is 2.38. The molecule has 0 amide bonds. The Morgan fingerprint density at radius 3 is 2.45 bits per heavy atom. The molecule has 20 heavy (non-hydrogen) atoms. The summed E-state index contributed by atoms with van der Waals surface area (Å²) in [5.74, 6) is 0. The molecular weight excluding hydrogens is 252 g/mol. The van der Waals surface area contributed by atoms with Crippen molar-refractivity contribution in [1.82, 2.24) is 0 Å². The number of nitrogens with one attached hydrogen (secondary N) is 1. The number of unbranched alkanes of at least 4 members (excludes halogenated alkanes) is 3. The Hall–Kier alpha value is -1.58. The quantitative estimate of drug-likeness (QED) is 0.414. The van der Waals surface area contributed by atoms with Crippen LogP contribution in [0.1, 0.15) is 57.1 Å². The summed E-state index contributed by atoms with van der Waals surface area (Å²) < 4.78 is 0. The third kappa shape index (κ3) is 4.83. The molecule has 0 aliphatic heterocycles. The molecule has 0 spiro atoms. The van der Waals surface area contributed by atoms with Gasteiger partial charge in [-0.1, -0.05) is 32.6 Å². The summed E-state index contributed by atoms with van der Waals surface area (Å²) in [5, 5.41) is 14.4. The second-order valence-electron chi connectivity index (χ2n) is 5.61. The van der Waals surface area contributed by atoms with E-state index in [0.717, 1.165) is 17.5 Å². The molecule has 0 fully saturated rings. The van der Waals surface area contributed by atoms with Gasteiger partial charge in [-0.2, -0.15) is 0 Å². The van der Waals surface area contributed by atoms with Crippen molar-refractivity contribution in [3.63, 3.8) is 0 Å². The first kappa shape index (κ1) is 16.5. The molecule has 0 aromatic heterocycles. The van der Waals surface area contributed by atoms with Gasteiger partial charge in [-0.15, -0.1) is 0 Å². The number of nitro groups is 1. The first-order chi connectivity index (χ1) is 9.45. The second kappa shape index (κ2) is 7.88. The van der Waals surface area contributed by atoms with E-state index in [9.17, 15) is 10.1 Å². The van der Waals surface area contributed by atoms with Gasteiger partial charge in [0.25, 0.3) is 5.69 Å². The average molecular weight is 278 g/mol. The smallest absolute Gasteiger partial charge is 0.292 e. The molecule has 4 nitrogen and oxygen atoms in total. The molecule has 0 aliphatic carbocycles. The highest BCUT2D eigenvalue weighted by Gasteiger charge is 2.16. The van der Waals surface area contributed by atoms with Crippen molar-refractivity contribution in [3.8, 4) is 0 Å². The molecule has 112 valence electrons. The minimum absolute atomic E-state index is 0.175. The van der Waals surface area contributed by atoms with Crippen LogP contribution < -0.4 is 5.32 Å². The molecule has 4 heteroatoms. The van der Waals surface area contributed by atoms with Gasteiger partial charge in [0, 0.05) is 12.1 Å². The van der Waals surface area contributed by atoms with Crippen molar-refractivity contribution >= 4 is 11.4 Å². The number of hydrogen-bond acceptors (Lipinski definition) is 3. The first-order valence-corrected chi connectivity index (χ1v) is 7.47. The Bertz CT molecular complexity index is 458.